The lowest BCUT2D eigenvalue weighted by molar-refractivity contribution is 0.628. The van der Waals surface area contributed by atoms with E-state index in [0.29, 0.717) is 11.6 Å². The fourth-order valence-corrected chi connectivity index (χ4v) is 3.00. The summed E-state index contributed by atoms with van der Waals surface area (Å²) >= 11 is 0. The third-order valence-electron chi connectivity index (χ3n) is 4.20. The van der Waals surface area contributed by atoms with Crippen LogP contribution in [0.15, 0.2) is 67.0 Å². The Morgan fingerprint density at radius 3 is 2.58 bits per heavy atom. The Hall–Kier alpha value is -3.34. The highest BCUT2D eigenvalue weighted by Gasteiger charge is 2.18. The lowest BCUT2D eigenvalue weighted by Gasteiger charge is -2.25. The summed E-state index contributed by atoms with van der Waals surface area (Å²) in [6, 6.07) is 16.3. The van der Waals surface area contributed by atoms with E-state index in [0.717, 1.165) is 27.8 Å². The predicted octanol–water partition coefficient (Wildman–Crippen LogP) is 5.25. The molecule has 0 unspecified atom stereocenters. The van der Waals surface area contributed by atoms with Gasteiger partial charge in [0, 0.05) is 6.20 Å². The van der Waals surface area contributed by atoms with Gasteiger partial charge < -0.3 is 0 Å². The van der Waals surface area contributed by atoms with Crippen molar-refractivity contribution in [3.63, 3.8) is 0 Å². The standard InChI is InChI=1S/C21H17FN4/c1-14-8-9-20(15(2)11-14)26(17-6-3-5-16(22)12-17)21-24-13-19-18(25-21)7-4-10-23-19/h3-13H,1-2H3. The van der Waals surface area contributed by atoms with E-state index in [1.54, 1.807) is 18.5 Å². The van der Waals surface area contributed by atoms with Gasteiger partial charge in [0.15, 0.2) is 0 Å². The van der Waals surface area contributed by atoms with Gasteiger partial charge in [-0.2, -0.15) is 0 Å². The summed E-state index contributed by atoms with van der Waals surface area (Å²) in [6.45, 7) is 4.07. The molecule has 0 radical (unpaired) electrons. The van der Waals surface area contributed by atoms with Crippen molar-refractivity contribution < 1.29 is 4.39 Å². The normalized spacial score (nSPS) is 10.9. The molecule has 0 spiro atoms. The number of anilines is 3. The van der Waals surface area contributed by atoms with Gasteiger partial charge in [0.05, 0.1) is 23.1 Å². The first kappa shape index (κ1) is 16.1. The number of rotatable bonds is 3. The van der Waals surface area contributed by atoms with Crippen LogP contribution < -0.4 is 4.90 Å². The maximum absolute atomic E-state index is 13.9. The molecule has 2 aromatic carbocycles. The van der Waals surface area contributed by atoms with Gasteiger partial charge in [-0.1, -0.05) is 23.8 Å². The zero-order valence-corrected chi connectivity index (χ0v) is 14.5. The van der Waals surface area contributed by atoms with E-state index in [9.17, 15) is 4.39 Å². The van der Waals surface area contributed by atoms with E-state index >= 15 is 0 Å². The summed E-state index contributed by atoms with van der Waals surface area (Å²) in [6.07, 6.45) is 3.40. The molecule has 0 aliphatic carbocycles. The first-order valence-electron chi connectivity index (χ1n) is 8.32. The van der Waals surface area contributed by atoms with Crippen LogP contribution in [0.1, 0.15) is 11.1 Å². The number of pyridine rings is 1. The fourth-order valence-electron chi connectivity index (χ4n) is 3.00. The number of hydrogen-bond acceptors (Lipinski definition) is 4. The Morgan fingerprint density at radius 2 is 1.77 bits per heavy atom. The molecular formula is C21H17FN4. The number of aromatic nitrogens is 3. The topological polar surface area (TPSA) is 41.9 Å². The van der Waals surface area contributed by atoms with Gasteiger partial charge in [0.2, 0.25) is 5.95 Å². The summed E-state index contributed by atoms with van der Waals surface area (Å²) in [5, 5.41) is 0. The maximum Gasteiger partial charge on any atom is 0.235 e. The Bertz CT molecular complexity index is 1090. The largest absolute Gasteiger partial charge is 0.279 e. The second kappa shape index (κ2) is 6.52. The number of halogens is 1. The Balaban J connectivity index is 1.94. The number of nitrogens with zero attached hydrogens (tertiary/aromatic N) is 4. The minimum absolute atomic E-state index is 0.306. The minimum Gasteiger partial charge on any atom is -0.279 e. The second-order valence-electron chi connectivity index (χ2n) is 6.18. The van der Waals surface area contributed by atoms with Crippen LogP contribution >= 0.6 is 0 Å². The van der Waals surface area contributed by atoms with Gasteiger partial charge in [-0.25, -0.2) is 14.4 Å². The Labute approximate surface area is 151 Å². The molecule has 0 aliphatic heterocycles. The quantitative estimate of drug-likeness (QED) is 0.509. The SMILES string of the molecule is Cc1ccc(N(c2cccc(F)c2)c2ncc3ncccc3n2)c(C)c1. The lowest BCUT2D eigenvalue weighted by atomic mass is 10.1. The highest BCUT2D eigenvalue weighted by molar-refractivity contribution is 5.79. The summed E-state index contributed by atoms with van der Waals surface area (Å²) in [4.78, 5) is 15.3. The number of fused-ring (bicyclic) bond motifs is 1. The molecule has 0 saturated heterocycles. The Kier molecular flexibility index (Phi) is 4.05. The predicted molar refractivity (Wildman–Crippen MR) is 101 cm³/mol. The first-order valence-corrected chi connectivity index (χ1v) is 8.32. The van der Waals surface area contributed by atoms with Crippen molar-refractivity contribution in [3.8, 4) is 0 Å². The zero-order valence-electron chi connectivity index (χ0n) is 14.5. The van der Waals surface area contributed by atoms with Crippen LogP contribution in [0.25, 0.3) is 11.0 Å². The average molecular weight is 344 g/mol. The molecule has 26 heavy (non-hydrogen) atoms. The van der Waals surface area contributed by atoms with Gasteiger partial charge in [0.25, 0.3) is 0 Å². The molecule has 2 heterocycles. The second-order valence-corrected chi connectivity index (χ2v) is 6.18. The molecule has 0 aliphatic rings. The molecule has 0 N–H and O–H groups in total. The molecule has 5 heteroatoms. The monoisotopic (exact) mass is 344 g/mol. The number of hydrogen-bond donors (Lipinski definition) is 0. The molecule has 2 aromatic heterocycles. The summed E-state index contributed by atoms with van der Waals surface area (Å²) in [7, 11) is 0. The van der Waals surface area contributed by atoms with E-state index in [-0.39, 0.29) is 5.82 Å². The minimum atomic E-state index is -0.306. The zero-order chi connectivity index (χ0) is 18.1. The Morgan fingerprint density at radius 1 is 0.885 bits per heavy atom. The van der Waals surface area contributed by atoms with E-state index in [1.807, 2.05) is 49.1 Å². The third kappa shape index (κ3) is 2.99. The molecule has 128 valence electrons. The molecule has 0 fully saturated rings. The molecule has 4 rings (SSSR count). The van der Waals surface area contributed by atoms with Gasteiger partial charge in [-0.15, -0.1) is 0 Å². The van der Waals surface area contributed by atoms with Crippen molar-refractivity contribution in [2.45, 2.75) is 13.8 Å². The van der Waals surface area contributed by atoms with Crippen molar-refractivity contribution in [1.29, 1.82) is 0 Å². The van der Waals surface area contributed by atoms with E-state index < -0.39 is 0 Å². The van der Waals surface area contributed by atoms with Crippen molar-refractivity contribution in [2.75, 3.05) is 4.90 Å². The van der Waals surface area contributed by atoms with Crippen LogP contribution in [0, 0.1) is 19.7 Å². The third-order valence-corrected chi connectivity index (χ3v) is 4.20. The van der Waals surface area contributed by atoms with Crippen LogP contribution in [0.2, 0.25) is 0 Å². The van der Waals surface area contributed by atoms with Crippen LogP contribution in [0.3, 0.4) is 0 Å². The van der Waals surface area contributed by atoms with Crippen molar-refractivity contribution in [3.05, 3.63) is 83.9 Å². The lowest BCUT2D eigenvalue weighted by Crippen LogP contribution is -2.15. The van der Waals surface area contributed by atoms with E-state index in [2.05, 4.69) is 21.0 Å². The van der Waals surface area contributed by atoms with Crippen LogP contribution in [-0.4, -0.2) is 15.0 Å². The van der Waals surface area contributed by atoms with E-state index in [1.165, 1.54) is 12.1 Å². The molecule has 0 bridgehead atoms. The summed E-state index contributed by atoms with van der Waals surface area (Å²) in [5.74, 6) is 0.169. The molecule has 4 nitrogen and oxygen atoms in total. The molecular weight excluding hydrogens is 327 g/mol. The van der Waals surface area contributed by atoms with Crippen molar-refractivity contribution in [1.82, 2.24) is 15.0 Å². The van der Waals surface area contributed by atoms with Crippen LogP contribution in [-0.2, 0) is 0 Å². The van der Waals surface area contributed by atoms with Gasteiger partial charge in [-0.3, -0.25) is 9.88 Å². The first-order chi connectivity index (χ1) is 12.6. The summed E-state index contributed by atoms with van der Waals surface area (Å²) in [5.41, 5.74) is 5.25. The van der Waals surface area contributed by atoms with Crippen LogP contribution in [0.4, 0.5) is 21.7 Å². The number of aryl methyl sites for hydroxylation is 2. The van der Waals surface area contributed by atoms with Gasteiger partial charge in [0.1, 0.15) is 11.3 Å². The molecule has 4 aromatic rings. The van der Waals surface area contributed by atoms with Crippen LogP contribution in [0.5, 0.6) is 0 Å². The average Bonchev–Trinajstić information content (AvgIpc) is 2.64. The summed E-state index contributed by atoms with van der Waals surface area (Å²) < 4.78 is 13.9. The van der Waals surface area contributed by atoms with Gasteiger partial charge >= 0.3 is 0 Å². The smallest absolute Gasteiger partial charge is 0.235 e. The maximum atomic E-state index is 13.9. The highest BCUT2D eigenvalue weighted by atomic mass is 19.1. The van der Waals surface area contributed by atoms with Crippen molar-refractivity contribution >= 4 is 28.4 Å². The molecule has 0 atom stereocenters. The molecule has 0 saturated carbocycles. The van der Waals surface area contributed by atoms with Crippen molar-refractivity contribution in [2.24, 2.45) is 0 Å². The molecule has 0 amide bonds. The highest BCUT2D eigenvalue weighted by Crippen LogP contribution is 2.35. The van der Waals surface area contributed by atoms with Gasteiger partial charge in [-0.05, 0) is 55.8 Å². The fraction of sp³-hybridized carbons (Fsp3) is 0.0952. The number of benzene rings is 2. The van der Waals surface area contributed by atoms with E-state index in [4.69, 9.17) is 0 Å².